The molecule has 0 aromatic rings. The first-order valence-electron chi connectivity index (χ1n) is 7.72. The number of hydrogen-bond acceptors (Lipinski definition) is 3. The topological polar surface area (TPSA) is 35.5 Å². The normalized spacial score (nSPS) is 20.7. The van der Waals surface area contributed by atoms with E-state index in [4.69, 9.17) is 15.9 Å². The van der Waals surface area contributed by atoms with E-state index in [0.717, 1.165) is 12.0 Å². The van der Waals surface area contributed by atoms with Gasteiger partial charge in [-0.05, 0) is 24.7 Å². The molecule has 0 fully saturated rings. The van der Waals surface area contributed by atoms with Gasteiger partial charge in [0.15, 0.2) is 0 Å². The van der Waals surface area contributed by atoms with Crippen LogP contribution in [0.3, 0.4) is 0 Å². The lowest BCUT2D eigenvalue weighted by Crippen LogP contribution is -2.38. The highest BCUT2D eigenvalue weighted by Gasteiger charge is 2.39. The maximum absolute atomic E-state index is 12.3. The Morgan fingerprint density at radius 1 is 1.41 bits per heavy atom. The first kappa shape index (κ1) is 18.5. The summed E-state index contributed by atoms with van der Waals surface area (Å²) in [4.78, 5) is 12.3. The van der Waals surface area contributed by atoms with Gasteiger partial charge >= 0.3 is 5.97 Å². The number of ether oxygens (including phenoxy) is 2. The van der Waals surface area contributed by atoms with Crippen LogP contribution in [0.25, 0.3) is 0 Å². The zero-order valence-electron chi connectivity index (χ0n) is 14.4. The summed E-state index contributed by atoms with van der Waals surface area (Å²) in [5, 5.41) is 0. The minimum atomic E-state index is -0.750. The number of hydrogen-bond donors (Lipinski definition) is 0. The highest BCUT2D eigenvalue weighted by molar-refractivity contribution is 5.80. The molecule has 122 valence electrons. The molecular weight excluding hydrogens is 276 g/mol. The van der Waals surface area contributed by atoms with Gasteiger partial charge in [-0.2, -0.15) is 0 Å². The van der Waals surface area contributed by atoms with Crippen LogP contribution in [-0.2, 0) is 14.3 Å². The van der Waals surface area contributed by atoms with Crippen LogP contribution in [0.2, 0.25) is 0 Å². The van der Waals surface area contributed by atoms with Gasteiger partial charge in [0.2, 0.25) is 0 Å². The molecule has 0 heterocycles. The highest BCUT2D eigenvalue weighted by Crippen LogP contribution is 2.36. The third-order valence-corrected chi connectivity index (χ3v) is 4.09. The van der Waals surface area contributed by atoms with Gasteiger partial charge in [-0.25, -0.2) is 0 Å². The average molecular weight is 304 g/mol. The number of carbonyl (C=O) groups excluding carboxylic acids is 1. The number of carbonyl (C=O) groups is 1. The van der Waals surface area contributed by atoms with Crippen molar-refractivity contribution in [1.29, 1.82) is 0 Å². The fourth-order valence-corrected chi connectivity index (χ4v) is 2.62. The molecule has 0 aromatic carbocycles. The van der Waals surface area contributed by atoms with E-state index in [0.29, 0.717) is 25.6 Å². The number of allylic oxidation sites excluding steroid dienone is 3. The van der Waals surface area contributed by atoms with E-state index in [2.05, 4.69) is 32.8 Å². The molecule has 0 N–H and O–H groups in total. The minimum absolute atomic E-state index is 0.0973. The first-order valence-corrected chi connectivity index (χ1v) is 7.72. The molecule has 0 amide bonds. The summed E-state index contributed by atoms with van der Waals surface area (Å²) in [5.41, 5.74) is 0.212. The Labute approximate surface area is 134 Å². The van der Waals surface area contributed by atoms with Gasteiger partial charge in [0.1, 0.15) is 5.41 Å². The fourth-order valence-electron chi connectivity index (χ4n) is 2.62. The van der Waals surface area contributed by atoms with Crippen molar-refractivity contribution in [2.45, 2.75) is 40.5 Å². The van der Waals surface area contributed by atoms with Crippen molar-refractivity contribution in [3.8, 4) is 12.3 Å². The van der Waals surface area contributed by atoms with Crippen molar-refractivity contribution >= 4 is 5.97 Å². The standard InChI is InChI=1S/C19H28O3/c1-7-11-18(3,4)13-22-14-19(5,17(20)21-6)16-10-8-9-15(2)12-16/h1,8-10,15H,11-14H2,2-6H3. The van der Waals surface area contributed by atoms with Crippen molar-refractivity contribution < 1.29 is 14.3 Å². The second-order valence-corrected chi connectivity index (χ2v) is 7.12. The van der Waals surface area contributed by atoms with Gasteiger partial charge in [0, 0.05) is 6.42 Å². The fraction of sp³-hybridized carbons (Fsp3) is 0.632. The van der Waals surface area contributed by atoms with Crippen LogP contribution in [0.5, 0.6) is 0 Å². The molecule has 0 saturated heterocycles. The zero-order chi connectivity index (χ0) is 16.8. The van der Waals surface area contributed by atoms with Gasteiger partial charge in [0.05, 0.1) is 20.3 Å². The van der Waals surface area contributed by atoms with E-state index >= 15 is 0 Å². The summed E-state index contributed by atoms with van der Waals surface area (Å²) in [7, 11) is 1.42. The molecule has 2 atom stereocenters. The van der Waals surface area contributed by atoms with Gasteiger partial charge in [-0.1, -0.05) is 44.6 Å². The monoisotopic (exact) mass is 304 g/mol. The van der Waals surface area contributed by atoms with E-state index in [-0.39, 0.29) is 11.4 Å². The Morgan fingerprint density at radius 2 is 2.09 bits per heavy atom. The second kappa shape index (κ2) is 7.65. The van der Waals surface area contributed by atoms with Crippen LogP contribution in [0.1, 0.15) is 40.5 Å². The predicted molar refractivity (Wildman–Crippen MR) is 89.2 cm³/mol. The summed E-state index contributed by atoms with van der Waals surface area (Å²) in [5.74, 6) is 2.83. The lowest BCUT2D eigenvalue weighted by Gasteiger charge is -2.33. The molecule has 3 nitrogen and oxygen atoms in total. The smallest absolute Gasteiger partial charge is 0.318 e. The molecule has 0 spiro atoms. The SMILES string of the molecule is C#CCC(C)(C)COCC(C)(C(=O)OC)C1=CC=CC(C)C1. The lowest BCUT2D eigenvalue weighted by molar-refractivity contribution is -0.153. The van der Waals surface area contributed by atoms with Gasteiger partial charge in [-0.3, -0.25) is 4.79 Å². The van der Waals surface area contributed by atoms with Gasteiger partial charge < -0.3 is 9.47 Å². The Balaban J connectivity index is 2.82. The van der Waals surface area contributed by atoms with E-state index in [1.807, 2.05) is 19.1 Å². The Morgan fingerprint density at radius 3 is 2.64 bits per heavy atom. The highest BCUT2D eigenvalue weighted by atomic mass is 16.5. The van der Waals surface area contributed by atoms with Crippen molar-refractivity contribution in [3.05, 3.63) is 23.8 Å². The van der Waals surface area contributed by atoms with Crippen LogP contribution < -0.4 is 0 Å². The zero-order valence-corrected chi connectivity index (χ0v) is 14.4. The summed E-state index contributed by atoms with van der Waals surface area (Å²) in [6.07, 6.45) is 13.0. The Hall–Kier alpha value is -1.53. The van der Waals surface area contributed by atoms with Crippen molar-refractivity contribution in [1.82, 2.24) is 0 Å². The maximum atomic E-state index is 12.3. The molecule has 22 heavy (non-hydrogen) atoms. The van der Waals surface area contributed by atoms with Crippen molar-refractivity contribution in [3.63, 3.8) is 0 Å². The third-order valence-electron chi connectivity index (χ3n) is 4.09. The molecule has 0 bridgehead atoms. The van der Waals surface area contributed by atoms with Crippen LogP contribution in [0, 0.1) is 29.1 Å². The maximum Gasteiger partial charge on any atom is 0.318 e. The van der Waals surface area contributed by atoms with E-state index in [9.17, 15) is 4.79 Å². The summed E-state index contributed by atoms with van der Waals surface area (Å²) >= 11 is 0. The van der Waals surface area contributed by atoms with Crippen LogP contribution in [-0.4, -0.2) is 26.3 Å². The quantitative estimate of drug-likeness (QED) is 0.531. The van der Waals surface area contributed by atoms with E-state index in [1.54, 1.807) is 0 Å². The molecule has 1 rings (SSSR count). The number of esters is 1. The molecular formula is C19H28O3. The summed E-state index contributed by atoms with van der Waals surface area (Å²) in [6.45, 7) is 8.98. The average Bonchev–Trinajstić information content (AvgIpc) is 2.45. The first-order chi connectivity index (χ1) is 10.2. The summed E-state index contributed by atoms with van der Waals surface area (Å²) in [6, 6.07) is 0. The van der Waals surface area contributed by atoms with E-state index in [1.165, 1.54) is 7.11 Å². The second-order valence-electron chi connectivity index (χ2n) is 7.12. The largest absolute Gasteiger partial charge is 0.468 e. The number of methoxy groups -OCH3 is 1. The Kier molecular flexibility index (Phi) is 6.44. The van der Waals surface area contributed by atoms with Crippen molar-refractivity contribution in [2.75, 3.05) is 20.3 Å². The van der Waals surface area contributed by atoms with E-state index < -0.39 is 5.41 Å². The van der Waals surface area contributed by atoms with Gasteiger partial charge in [-0.15, -0.1) is 12.3 Å². The molecule has 2 unspecified atom stereocenters. The third kappa shape index (κ3) is 4.74. The molecule has 1 aliphatic carbocycles. The molecule has 0 saturated carbocycles. The number of terminal acetylenes is 1. The molecule has 3 heteroatoms. The van der Waals surface area contributed by atoms with Crippen LogP contribution in [0.4, 0.5) is 0 Å². The number of rotatable bonds is 7. The summed E-state index contributed by atoms with van der Waals surface area (Å²) < 4.78 is 10.9. The Bertz CT molecular complexity index is 493. The van der Waals surface area contributed by atoms with Gasteiger partial charge in [0.25, 0.3) is 0 Å². The molecule has 0 aromatic heterocycles. The lowest BCUT2D eigenvalue weighted by atomic mass is 9.76. The van der Waals surface area contributed by atoms with Crippen LogP contribution >= 0.6 is 0 Å². The van der Waals surface area contributed by atoms with Crippen molar-refractivity contribution in [2.24, 2.45) is 16.7 Å². The molecule has 0 aliphatic heterocycles. The predicted octanol–water partition coefficient (Wildman–Crippen LogP) is 3.75. The van der Waals surface area contributed by atoms with Crippen LogP contribution in [0.15, 0.2) is 23.8 Å². The minimum Gasteiger partial charge on any atom is -0.468 e. The molecule has 0 radical (unpaired) electrons. The molecule has 1 aliphatic rings.